The Morgan fingerprint density at radius 2 is 1.94 bits per heavy atom. The number of nitrogens with one attached hydrogen (secondary N) is 1. The summed E-state index contributed by atoms with van der Waals surface area (Å²) in [6.45, 7) is 10.3. The maximum absolute atomic E-state index is 12.3. The van der Waals surface area contributed by atoms with Crippen molar-refractivity contribution in [1.82, 2.24) is 10.2 Å². The van der Waals surface area contributed by atoms with Crippen LogP contribution in [0.5, 0.6) is 0 Å². The second-order valence-electron chi connectivity index (χ2n) is 4.91. The number of rotatable bonds is 5. The summed E-state index contributed by atoms with van der Waals surface area (Å²) in [5.41, 5.74) is 0. The summed E-state index contributed by atoms with van der Waals surface area (Å²) in [5.74, 6) is 1.26. The van der Waals surface area contributed by atoms with Crippen LogP contribution >= 0.6 is 12.4 Å². The Morgan fingerprint density at radius 1 is 1.35 bits per heavy atom. The molecule has 0 aliphatic carbocycles. The molecule has 0 saturated carbocycles. The molecule has 4 heteroatoms. The number of hydrogen-bond donors (Lipinski definition) is 1. The van der Waals surface area contributed by atoms with Crippen molar-refractivity contribution in [3.8, 4) is 0 Å². The number of amides is 1. The monoisotopic (exact) mass is 262 g/mol. The quantitative estimate of drug-likeness (QED) is 0.825. The Bertz CT molecular complexity index is 217. The normalized spacial score (nSPS) is 18.3. The lowest BCUT2D eigenvalue weighted by Crippen LogP contribution is -2.42. The number of carbonyl (C=O) groups excluding carboxylic acids is 1. The first-order valence-corrected chi connectivity index (χ1v) is 6.68. The largest absolute Gasteiger partial charge is 0.342 e. The van der Waals surface area contributed by atoms with Gasteiger partial charge in [0.2, 0.25) is 5.91 Å². The summed E-state index contributed by atoms with van der Waals surface area (Å²) in [6.07, 6.45) is 3.17. The molecule has 1 heterocycles. The predicted molar refractivity (Wildman–Crippen MR) is 74.6 cm³/mol. The Hall–Kier alpha value is -0.280. The first-order valence-electron chi connectivity index (χ1n) is 6.68. The second-order valence-corrected chi connectivity index (χ2v) is 4.91. The van der Waals surface area contributed by atoms with Gasteiger partial charge in [-0.15, -0.1) is 12.4 Å². The Labute approximate surface area is 112 Å². The van der Waals surface area contributed by atoms with E-state index in [4.69, 9.17) is 0 Å². The van der Waals surface area contributed by atoms with E-state index in [1.807, 2.05) is 4.90 Å². The summed E-state index contributed by atoms with van der Waals surface area (Å²) >= 11 is 0. The van der Waals surface area contributed by atoms with Crippen LogP contribution in [0.25, 0.3) is 0 Å². The standard InChI is InChI=1S/C13H26N2O.ClH/c1-4-11(3)10-15(5-2)13(16)12-6-8-14-9-7-12;/h11-12,14H,4-10H2,1-3H3;1H. The molecule has 0 aromatic rings. The molecule has 0 spiro atoms. The molecule has 0 bridgehead atoms. The molecule has 1 aliphatic rings. The maximum Gasteiger partial charge on any atom is 0.225 e. The molecule has 0 radical (unpaired) electrons. The highest BCUT2D eigenvalue weighted by molar-refractivity contribution is 5.85. The van der Waals surface area contributed by atoms with E-state index >= 15 is 0 Å². The fraction of sp³-hybridized carbons (Fsp3) is 0.923. The minimum absolute atomic E-state index is 0. The molecule has 1 aliphatic heterocycles. The van der Waals surface area contributed by atoms with Crippen LogP contribution < -0.4 is 5.32 Å². The van der Waals surface area contributed by atoms with E-state index in [1.54, 1.807) is 0 Å². The summed E-state index contributed by atoms with van der Waals surface area (Å²) < 4.78 is 0. The van der Waals surface area contributed by atoms with E-state index in [1.165, 1.54) is 0 Å². The van der Waals surface area contributed by atoms with Gasteiger partial charge in [-0.05, 0) is 38.8 Å². The lowest BCUT2D eigenvalue weighted by molar-refractivity contribution is -0.136. The van der Waals surface area contributed by atoms with Crippen LogP contribution in [0, 0.1) is 11.8 Å². The summed E-state index contributed by atoms with van der Waals surface area (Å²) in [4.78, 5) is 14.3. The molecular formula is C13H27ClN2O. The van der Waals surface area contributed by atoms with Crippen LogP contribution in [0.15, 0.2) is 0 Å². The maximum atomic E-state index is 12.3. The fourth-order valence-corrected chi connectivity index (χ4v) is 2.21. The molecule has 0 aromatic heterocycles. The molecule has 1 atom stereocenters. The summed E-state index contributed by atoms with van der Waals surface area (Å²) in [6, 6.07) is 0. The van der Waals surface area contributed by atoms with E-state index in [-0.39, 0.29) is 18.3 Å². The van der Waals surface area contributed by atoms with Crippen LogP contribution in [0.3, 0.4) is 0 Å². The lowest BCUT2D eigenvalue weighted by atomic mass is 9.96. The summed E-state index contributed by atoms with van der Waals surface area (Å²) in [7, 11) is 0. The van der Waals surface area contributed by atoms with Crippen molar-refractivity contribution >= 4 is 18.3 Å². The zero-order chi connectivity index (χ0) is 12.0. The number of halogens is 1. The summed E-state index contributed by atoms with van der Waals surface area (Å²) in [5, 5.41) is 3.31. The van der Waals surface area contributed by atoms with Crippen molar-refractivity contribution in [2.24, 2.45) is 11.8 Å². The highest BCUT2D eigenvalue weighted by atomic mass is 35.5. The number of nitrogens with zero attached hydrogens (tertiary/aromatic N) is 1. The molecule has 3 nitrogen and oxygen atoms in total. The number of piperidine rings is 1. The molecule has 17 heavy (non-hydrogen) atoms. The van der Waals surface area contributed by atoms with Crippen LogP contribution in [0.4, 0.5) is 0 Å². The van der Waals surface area contributed by atoms with E-state index in [0.717, 1.165) is 45.4 Å². The minimum atomic E-state index is 0. The van der Waals surface area contributed by atoms with Crippen LogP contribution in [-0.2, 0) is 4.79 Å². The SMILES string of the molecule is CCC(C)CN(CC)C(=O)C1CCNCC1.Cl. The van der Waals surface area contributed by atoms with Gasteiger partial charge < -0.3 is 10.2 Å². The second kappa shape index (κ2) is 8.76. The van der Waals surface area contributed by atoms with Crippen molar-refractivity contribution in [2.45, 2.75) is 40.0 Å². The third-order valence-corrected chi connectivity index (χ3v) is 3.61. The molecule has 1 fully saturated rings. The van der Waals surface area contributed by atoms with E-state index < -0.39 is 0 Å². The van der Waals surface area contributed by atoms with Gasteiger partial charge in [0.15, 0.2) is 0 Å². The minimum Gasteiger partial charge on any atom is -0.342 e. The third kappa shape index (κ3) is 5.26. The van der Waals surface area contributed by atoms with Gasteiger partial charge in [0.25, 0.3) is 0 Å². The molecule has 102 valence electrons. The zero-order valence-electron chi connectivity index (χ0n) is 11.4. The number of hydrogen-bond acceptors (Lipinski definition) is 2. The van der Waals surface area contributed by atoms with Crippen molar-refractivity contribution in [1.29, 1.82) is 0 Å². The van der Waals surface area contributed by atoms with E-state index in [9.17, 15) is 4.79 Å². The van der Waals surface area contributed by atoms with E-state index in [2.05, 4.69) is 26.1 Å². The van der Waals surface area contributed by atoms with Gasteiger partial charge in [0, 0.05) is 19.0 Å². The van der Waals surface area contributed by atoms with Crippen molar-refractivity contribution < 1.29 is 4.79 Å². The van der Waals surface area contributed by atoms with Crippen LogP contribution in [0.2, 0.25) is 0 Å². The first kappa shape index (κ1) is 16.7. The molecule has 1 amide bonds. The Morgan fingerprint density at radius 3 is 2.41 bits per heavy atom. The fourth-order valence-electron chi connectivity index (χ4n) is 2.21. The average molecular weight is 263 g/mol. The smallest absolute Gasteiger partial charge is 0.225 e. The van der Waals surface area contributed by atoms with Gasteiger partial charge in [-0.2, -0.15) is 0 Å². The lowest BCUT2D eigenvalue weighted by Gasteiger charge is -2.30. The predicted octanol–water partition coefficient (Wildman–Crippen LogP) is 2.30. The van der Waals surface area contributed by atoms with Gasteiger partial charge in [-0.25, -0.2) is 0 Å². The van der Waals surface area contributed by atoms with Gasteiger partial charge in [-0.3, -0.25) is 4.79 Å². The van der Waals surface area contributed by atoms with Crippen LogP contribution in [0.1, 0.15) is 40.0 Å². The van der Waals surface area contributed by atoms with Gasteiger partial charge in [0.1, 0.15) is 0 Å². The van der Waals surface area contributed by atoms with Gasteiger partial charge in [0.05, 0.1) is 0 Å². The topological polar surface area (TPSA) is 32.3 Å². The van der Waals surface area contributed by atoms with E-state index in [0.29, 0.717) is 11.8 Å². The zero-order valence-corrected chi connectivity index (χ0v) is 12.2. The van der Waals surface area contributed by atoms with Crippen molar-refractivity contribution in [3.63, 3.8) is 0 Å². The van der Waals surface area contributed by atoms with Crippen molar-refractivity contribution in [2.75, 3.05) is 26.2 Å². The molecule has 1 unspecified atom stereocenters. The highest BCUT2D eigenvalue weighted by Gasteiger charge is 2.25. The van der Waals surface area contributed by atoms with Gasteiger partial charge in [-0.1, -0.05) is 20.3 Å². The molecule has 0 aromatic carbocycles. The molecule has 1 N–H and O–H groups in total. The van der Waals surface area contributed by atoms with Crippen molar-refractivity contribution in [3.05, 3.63) is 0 Å². The first-order chi connectivity index (χ1) is 7.69. The molecule has 1 saturated heterocycles. The van der Waals surface area contributed by atoms with Crippen LogP contribution in [-0.4, -0.2) is 37.0 Å². The molecule has 1 rings (SSSR count). The Kier molecular flexibility index (Phi) is 8.61. The average Bonchev–Trinajstić information content (AvgIpc) is 2.35. The van der Waals surface area contributed by atoms with Gasteiger partial charge >= 0.3 is 0 Å². The number of carbonyl (C=O) groups is 1. The third-order valence-electron chi connectivity index (χ3n) is 3.61. The Balaban J connectivity index is 0.00000256. The molecular weight excluding hydrogens is 236 g/mol. The highest BCUT2D eigenvalue weighted by Crippen LogP contribution is 2.16.